The SMILES string of the molecule is CC(C)C(CN)NC(=O)NC(C)(C)C. The van der Waals surface area contributed by atoms with Crippen LogP contribution in [0.3, 0.4) is 0 Å². The summed E-state index contributed by atoms with van der Waals surface area (Å²) in [7, 11) is 0. The lowest BCUT2D eigenvalue weighted by molar-refractivity contribution is 0.224. The largest absolute Gasteiger partial charge is 0.334 e. The van der Waals surface area contributed by atoms with Crippen LogP contribution in [-0.4, -0.2) is 24.2 Å². The van der Waals surface area contributed by atoms with Gasteiger partial charge >= 0.3 is 6.03 Å². The summed E-state index contributed by atoms with van der Waals surface area (Å²) in [5.41, 5.74) is 5.34. The molecule has 0 aliphatic rings. The fourth-order valence-electron chi connectivity index (χ4n) is 1.04. The van der Waals surface area contributed by atoms with Gasteiger partial charge in [-0.25, -0.2) is 4.79 Å². The summed E-state index contributed by atoms with van der Waals surface area (Å²) < 4.78 is 0. The van der Waals surface area contributed by atoms with Crippen LogP contribution < -0.4 is 16.4 Å². The van der Waals surface area contributed by atoms with E-state index >= 15 is 0 Å². The van der Waals surface area contributed by atoms with Crippen molar-refractivity contribution in [2.24, 2.45) is 11.7 Å². The van der Waals surface area contributed by atoms with Gasteiger partial charge < -0.3 is 16.4 Å². The average molecular weight is 201 g/mol. The number of urea groups is 1. The van der Waals surface area contributed by atoms with Gasteiger partial charge in [0, 0.05) is 18.1 Å². The Bertz CT molecular complexity index is 184. The molecule has 1 atom stereocenters. The van der Waals surface area contributed by atoms with Gasteiger partial charge in [-0.05, 0) is 26.7 Å². The lowest BCUT2D eigenvalue weighted by Gasteiger charge is -2.25. The van der Waals surface area contributed by atoms with Gasteiger partial charge in [-0.3, -0.25) is 0 Å². The summed E-state index contributed by atoms with van der Waals surface area (Å²) in [5.74, 6) is 0.353. The van der Waals surface area contributed by atoms with Crippen LogP contribution in [0.2, 0.25) is 0 Å². The molecule has 0 radical (unpaired) electrons. The van der Waals surface area contributed by atoms with E-state index in [1.807, 2.05) is 34.6 Å². The maximum Gasteiger partial charge on any atom is 0.315 e. The van der Waals surface area contributed by atoms with Crippen molar-refractivity contribution >= 4 is 6.03 Å². The molecule has 0 saturated heterocycles. The molecular weight excluding hydrogens is 178 g/mol. The normalized spacial score (nSPS) is 13.9. The molecule has 0 spiro atoms. The Hall–Kier alpha value is -0.770. The Labute approximate surface area is 86.6 Å². The molecule has 4 nitrogen and oxygen atoms in total. The molecule has 0 aromatic carbocycles. The molecule has 0 fully saturated rings. The number of hydrogen-bond donors (Lipinski definition) is 3. The Morgan fingerprint density at radius 2 is 1.86 bits per heavy atom. The first-order valence-electron chi connectivity index (χ1n) is 5.05. The van der Waals surface area contributed by atoms with Crippen LogP contribution in [0.4, 0.5) is 4.79 Å². The molecule has 84 valence electrons. The number of carbonyl (C=O) groups excluding carboxylic acids is 1. The van der Waals surface area contributed by atoms with E-state index in [2.05, 4.69) is 10.6 Å². The first-order valence-corrected chi connectivity index (χ1v) is 5.05. The van der Waals surface area contributed by atoms with Crippen molar-refractivity contribution in [1.29, 1.82) is 0 Å². The van der Waals surface area contributed by atoms with Gasteiger partial charge in [0.05, 0.1) is 0 Å². The van der Waals surface area contributed by atoms with Crippen molar-refractivity contribution in [3.8, 4) is 0 Å². The molecule has 0 saturated carbocycles. The fourth-order valence-corrected chi connectivity index (χ4v) is 1.04. The maximum atomic E-state index is 11.5. The topological polar surface area (TPSA) is 67.1 Å². The van der Waals surface area contributed by atoms with Crippen molar-refractivity contribution in [3.05, 3.63) is 0 Å². The van der Waals surface area contributed by atoms with Gasteiger partial charge in [0.1, 0.15) is 0 Å². The number of carbonyl (C=O) groups is 1. The second kappa shape index (κ2) is 5.20. The van der Waals surface area contributed by atoms with Gasteiger partial charge in [0.15, 0.2) is 0 Å². The fraction of sp³-hybridized carbons (Fsp3) is 0.900. The molecule has 0 heterocycles. The van der Waals surface area contributed by atoms with Gasteiger partial charge in [0.25, 0.3) is 0 Å². The van der Waals surface area contributed by atoms with E-state index in [9.17, 15) is 4.79 Å². The van der Waals surface area contributed by atoms with Crippen molar-refractivity contribution in [3.63, 3.8) is 0 Å². The number of nitrogens with one attached hydrogen (secondary N) is 2. The minimum absolute atomic E-state index is 0.0392. The van der Waals surface area contributed by atoms with E-state index in [0.717, 1.165) is 0 Å². The van der Waals surface area contributed by atoms with E-state index in [4.69, 9.17) is 5.73 Å². The first-order chi connectivity index (χ1) is 6.26. The lowest BCUT2D eigenvalue weighted by atomic mass is 10.1. The zero-order valence-electron chi connectivity index (χ0n) is 9.85. The summed E-state index contributed by atoms with van der Waals surface area (Å²) in [6.07, 6.45) is 0. The van der Waals surface area contributed by atoms with Crippen LogP contribution in [0.5, 0.6) is 0 Å². The zero-order valence-corrected chi connectivity index (χ0v) is 9.85. The predicted molar refractivity (Wildman–Crippen MR) is 59.1 cm³/mol. The van der Waals surface area contributed by atoms with Crippen LogP contribution in [-0.2, 0) is 0 Å². The van der Waals surface area contributed by atoms with Crippen molar-refractivity contribution in [2.75, 3.05) is 6.54 Å². The molecule has 1 unspecified atom stereocenters. The van der Waals surface area contributed by atoms with Crippen LogP contribution in [0.25, 0.3) is 0 Å². The number of nitrogens with two attached hydrogens (primary N) is 1. The van der Waals surface area contributed by atoms with E-state index < -0.39 is 0 Å². The summed E-state index contributed by atoms with van der Waals surface area (Å²) in [6.45, 7) is 10.4. The summed E-state index contributed by atoms with van der Waals surface area (Å²) in [4.78, 5) is 11.5. The molecule has 4 N–H and O–H groups in total. The molecule has 0 rings (SSSR count). The standard InChI is InChI=1S/C10H23N3O/c1-7(2)8(6-11)12-9(14)13-10(3,4)5/h7-8H,6,11H2,1-5H3,(H2,12,13,14). The second-order valence-corrected chi connectivity index (χ2v) is 4.93. The smallest absolute Gasteiger partial charge is 0.315 e. The van der Waals surface area contributed by atoms with Crippen LogP contribution >= 0.6 is 0 Å². The van der Waals surface area contributed by atoms with Crippen LogP contribution in [0.15, 0.2) is 0 Å². The molecule has 0 aromatic heterocycles. The Kier molecular flexibility index (Phi) is 4.91. The van der Waals surface area contributed by atoms with Crippen LogP contribution in [0, 0.1) is 5.92 Å². The van der Waals surface area contributed by atoms with Crippen molar-refractivity contribution < 1.29 is 4.79 Å². The highest BCUT2D eigenvalue weighted by Crippen LogP contribution is 2.01. The third kappa shape index (κ3) is 5.80. The number of amides is 2. The summed E-state index contributed by atoms with van der Waals surface area (Å²) in [6, 6.07) is -0.112. The van der Waals surface area contributed by atoms with Gasteiger partial charge in [-0.2, -0.15) is 0 Å². The molecule has 2 amide bonds. The molecule has 4 heteroatoms. The van der Waals surface area contributed by atoms with Crippen molar-refractivity contribution in [1.82, 2.24) is 10.6 Å². The number of rotatable bonds is 3. The quantitative estimate of drug-likeness (QED) is 0.639. The van der Waals surface area contributed by atoms with E-state index in [0.29, 0.717) is 12.5 Å². The molecule has 0 aliphatic heterocycles. The minimum Gasteiger partial charge on any atom is -0.334 e. The van der Waals surface area contributed by atoms with E-state index in [-0.39, 0.29) is 17.6 Å². The summed E-state index contributed by atoms with van der Waals surface area (Å²) in [5, 5.41) is 5.68. The highest BCUT2D eigenvalue weighted by molar-refractivity contribution is 5.75. The van der Waals surface area contributed by atoms with Crippen molar-refractivity contribution in [2.45, 2.75) is 46.2 Å². The highest BCUT2D eigenvalue weighted by atomic mass is 16.2. The zero-order chi connectivity index (χ0) is 11.4. The van der Waals surface area contributed by atoms with Gasteiger partial charge in [-0.1, -0.05) is 13.8 Å². The highest BCUT2D eigenvalue weighted by Gasteiger charge is 2.18. The number of hydrogen-bond acceptors (Lipinski definition) is 2. The predicted octanol–water partition coefficient (Wildman–Crippen LogP) is 1.07. The van der Waals surface area contributed by atoms with Gasteiger partial charge in [0.2, 0.25) is 0 Å². The molecule has 0 aromatic rings. The monoisotopic (exact) mass is 201 g/mol. The summed E-state index contributed by atoms with van der Waals surface area (Å²) >= 11 is 0. The van der Waals surface area contributed by atoms with E-state index in [1.54, 1.807) is 0 Å². The lowest BCUT2D eigenvalue weighted by Crippen LogP contribution is -2.52. The third-order valence-corrected chi connectivity index (χ3v) is 1.86. The molecule has 14 heavy (non-hydrogen) atoms. The Morgan fingerprint density at radius 1 is 1.36 bits per heavy atom. The van der Waals surface area contributed by atoms with E-state index in [1.165, 1.54) is 0 Å². The molecule has 0 bridgehead atoms. The molecular formula is C10H23N3O. The molecule has 0 aliphatic carbocycles. The maximum absolute atomic E-state index is 11.5. The van der Waals surface area contributed by atoms with Gasteiger partial charge in [-0.15, -0.1) is 0 Å². The Balaban J connectivity index is 4.04. The van der Waals surface area contributed by atoms with Crippen LogP contribution in [0.1, 0.15) is 34.6 Å². The average Bonchev–Trinajstić information content (AvgIpc) is 1.96. The third-order valence-electron chi connectivity index (χ3n) is 1.86. The first kappa shape index (κ1) is 13.2. The minimum atomic E-state index is -0.208. The second-order valence-electron chi connectivity index (χ2n) is 4.93. The Morgan fingerprint density at radius 3 is 2.14 bits per heavy atom.